The summed E-state index contributed by atoms with van der Waals surface area (Å²) in [6.07, 6.45) is -0.874. The van der Waals surface area contributed by atoms with Gasteiger partial charge >= 0.3 is 0 Å². The van der Waals surface area contributed by atoms with E-state index in [4.69, 9.17) is 10.00 Å². The van der Waals surface area contributed by atoms with Gasteiger partial charge in [-0.25, -0.2) is 4.68 Å². The van der Waals surface area contributed by atoms with E-state index in [0.29, 0.717) is 11.3 Å². The van der Waals surface area contributed by atoms with Gasteiger partial charge in [0, 0.05) is 11.5 Å². The molecule has 6 nitrogen and oxygen atoms in total. The predicted molar refractivity (Wildman–Crippen MR) is 89.9 cm³/mol. The van der Waals surface area contributed by atoms with E-state index in [1.165, 1.54) is 10.7 Å². The van der Waals surface area contributed by atoms with Crippen LogP contribution < -0.4 is 10.3 Å². The Morgan fingerprint density at radius 1 is 1.25 bits per heavy atom. The molecule has 24 heavy (non-hydrogen) atoms. The van der Waals surface area contributed by atoms with Crippen molar-refractivity contribution in [3.05, 3.63) is 58.0 Å². The van der Waals surface area contributed by atoms with Crippen LogP contribution in [0.25, 0.3) is 0 Å². The molecule has 0 saturated heterocycles. The molecule has 0 aliphatic rings. The van der Waals surface area contributed by atoms with Crippen molar-refractivity contribution >= 4 is 0 Å². The number of nitrogens with zero attached hydrogens (tertiary/aromatic N) is 3. The molecule has 1 aromatic carbocycles. The average molecular weight is 327 g/mol. The summed E-state index contributed by atoms with van der Waals surface area (Å²) >= 11 is 0. The van der Waals surface area contributed by atoms with Crippen LogP contribution >= 0.6 is 0 Å². The largest absolute Gasteiger partial charge is 0.491 e. The van der Waals surface area contributed by atoms with Gasteiger partial charge in [-0.3, -0.25) is 4.79 Å². The lowest BCUT2D eigenvalue weighted by atomic mass is 9.92. The standard InChI is InChI=1S/C18H21N3O3/c1-18(2,3)16-8-9-17(23)21(20-16)11-14(22)12-24-15-6-4-13(10-19)5-7-15/h4-9,14,22H,11-12H2,1-3H3. The minimum atomic E-state index is -0.874. The van der Waals surface area contributed by atoms with Gasteiger partial charge in [-0.1, -0.05) is 20.8 Å². The fraction of sp³-hybridized carbons (Fsp3) is 0.389. The van der Waals surface area contributed by atoms with Gasteiger partial charge in [0.2, 0.25) is 0 Å². The van der Waals surface area contributed by atoms with Gasteiger partial charge in [0.1, 0.15) is 18.5 Å². The summed E-state index contributed by atoms with van der Waals surface area (Å²) in [5.74, 6) is 0.553. The van der Waals surface area contributed by atoms with E-state index in [1.54, 1.807) is 30.3 Å². The van der Waals surface area contributed by atoms with E-state index in [-0.39, 0.29) is 24.1 Å². The lowest BCUT2D eigenvalue weighted by molar-refractivity contribution is 0.0875. The molecule has 126 valence electrons. The van der Waals surface area contributed by atoms with Crippen LogP contribution in [0.1, 0.15) is 32.0 Å². The zero-order valence-corrected chi connectivity index (χ0v) is 14.1. The van der Waals surface area contributed by atoms with Crippen LogP contribution in [-0.4, -0.2) is 27.6 Å². The third-order valence-electron chi connectivity index (χ3n) is 3.44. The van der Waals surface area contributed by atoms with Crippen molar-refractivity contribution in [1.82, 2.24) is 9.78 Å². The predicted octanol–water partition coefficient (Wildman–Crippen LogP) is 1.85. The second-order valence-corrected chi connectivity index (χ2v) is 6.59. The zero-order valence-electron chi connectivity index (χ0n) is 14.1. The van der Waals surface area contributed by atoms with Crippen molar-refractivity contribution in [1.29, 1.82) is 5.26 Å². The number of aliphatic hydroxyl groups is 1. The molecule has 6 heteroatoms. The molecule has 0 saturated carbocycles. The van der Waals surface area contributed by atoms with Gasteiger partial charge < -0.3 is 9.84 Å². The Balaban J connectivity index is 2.00. The van der Waals surface area contributed by atoms with Crippen LogP contribution in [0, 0.1) is 11.3 Å². The second-order valence-electron chi connectivity index (χ2n) is 6.59. The van der Waals surface area contributed by atoms with E-state index >= 15 is 0 Å². The van der Waals surface area contributed by atoms with Crippen molar-refractivity contribution in [3.8, 4) is 11.8 Å². The Bertz CT molecular complexity index is 783. The number of aromatic nitrogens is 2. The number of hydrogen-bond acceptors (Lipinski definition) is 5. The minimum Gasteiger partial charge on any atom is -0.491 e. The topological polar surface area (TPSA) is 88.1 Å². The SMILES string of the molecule is CC(C)(C)c1ccc(=O)n(CC(O)COc2ccc(C#N)cc2)n1. The van der Waals surface area contributed by atoms with Crippen LogP contribution in [0.2, 0.25) is 0 Å². The molecule has 0 spiro atoms. The molecule has 0 radical (unpaired) electrons. The van der Waals surface area contributed by atoms with Crippen molar-refractivity contribution in [3.63, 3.8) is 0 Å². The van der Waals surface area contributed by atoms with E-state index in [0.717, 1.165) is 5.69 Å². The number of aliphatic hydroxyl groups excluding tert-OH is 1. The maximum atomic E-state index is 11.9. The van der Waals surface area contributed by atoms with E-state index in [9.17, 15) is 9.90 Å². The first kappa shape index (κ1) is 17.7. The number of hydrogen-bond donors (Lipinski definition) is 1. The van der Waals surface area contributed by atoms with Gasteiger partial charge in [0.25, 0.3) is 5.56 Å². The fourth-order valence-corrected chi connectivity index (χ4v) is 2.05. The summed E-state index contributed by atoms with van der Waals surface area (Å²) in [4.78, 5) is 11.9. The fourth-order valence-electron chi connectivity index (χ4n) is 2.05. The average Bonchev–Trinajstić information content (AvgIpc) is 2.54. The lowest BCUT2D eigenvalue weighted by Crippen LogP contribution is -2.33. The smallest absolute Gasteiger partial charge is 0.266 e. The van der Waals surface area contributed by atoms with Gasteiger partial charge in [0.15, 0.2) is 0 Å². The van der Waals surface area contributed by atoms with E-state index < -0.39 is 6.10 Å². The highest BCUT2D eigenvalue weighted by Crippen LogP contribution is 2.18. The Morgan fingerprint density at radius 3 is 2.50 bits per heavy atom. The molecule has 0 bridgehead atoms. The second kappa shape index (κ2) is 7.28. The Hall–Kier alpha value is -2.65. The van der Waals surface area contributed by atoms with Crippen molar-refractivity contribution in [2.75, 3.05) is 6.61 Å². The summed E-state index contributed by atoms with van der Waals surface area (Å²) in [5.41, 5.74) is 0.875. The molecule has 0 aliphatic carbocycles. The summed E-state index contributed by atoms with van der Waals surface area (Å²) < 4.78 is 6.73. The van der Waals surface area contributed by atoms with Crippen LogP contribution in [-0.2, 0) is 12.0 Å². The first-order valence-corrected chi connectivity index (χ1v) is 7.69. The molecular formula is C18H21N3O3. The molecule has 1 heterocycles. The zero-order chi connectivity index (χ0) is 17.7. The molecular weight excluding hydrogens is 306 g/mol. The van der Waals surface area contributed by atoms with Crippen LogP contribution in [0.15, 0.2) is 41.2 Å². The number of nitriles is 1. The lowest BCUT2D eigenvalue weighted by Gasteiger charge is -2.19. The summed E-state index contributed by atoms with van der Waals surface area (Å²) in [6.45, 7) is 6.11. The Kier molecular flexibility index (Phi) is 5.37. The molecule has 2 rings (SSSR count). The molecule has 1 atom stereocenters. The first-order chi connectivity index (χ1) is 11.3. The van der Waals surface area contributed by atoms with Crippen LogP contribution in [0.5, 0.6) is 5.75 Å². The quantitative estimate of drug-likeness (QED) is 0.905. The molecule has 0 fully saturated rings. The van der Waals surface area contributed by atoms with Crippen molar-refractivity contribution in [2.45, 2.75) is 38.8 Å². The maximum Gasteiger partial charge on any atom is 0.266 e. The normalized spacial score (nSPS) is 12.5. The Labute approximate surface area is 140 Å². The number of ether oxygens (including phenoxy) is 1. The third kappa shape index (κ3) is 4.67. The highest BCUT2D eigenvalue weighted by Gasteiger charge is 2.17. The summed E-state index contributed by atoms with van der Waals surface area (Å²) in [5, 5.41) is 23.2. The van der Waals surface area contributed by atoms with Crippen molar-refractivity contribution in [2.24, 2.45) is 0 Å². The molecule has 1 unspecified atom stereocenters. The molecule has 2 aromatic rings. The Morgan fingerprint density at radius 2 is 1.92 bits per heavy atom. The molecule has 1 aromatic heterocycles. The molecule has 0 aliphatic heterocycles. The van der Waals surface area contributed by atoms with Gasteiger partial charge in [0.05, 0.1) is 23.9 Å². The van der Waals surface area contributed by atoms with E-state index in [1.807, 2.05) is 26.8 Å². The monoisotopic (exact) mass is 327 g/mol. The third-order valence-corrected chi connectivity index (χ3v) is 3.44. The highest BCUT2D eigenvalue weighted by atomic mass is 16.5. The van der Waals surface area contributed by atoms with Gasteiger partial charge in [-0.05, 0) is 30.3 Å². The van der Waals surface area contributed by atoms with Gasteiger partial charge in [-0.15, -0.1) is 0 Å². The number of rotatable bonds is 5. The first-order valence-electron chi connectivity index (χ1n) is 7.69. The van der Waals surface area contributed by atoms with Crippen LogP contribution in [0.4, 0.5) is 0 Å². The maximum absolute atomic E-state index is 11.9. The molecule has 0 amide bonds. The van der Waals surface area contributed by atoms with Crippen LogP contribution in [0.3, 0.4) is 0 Å². The summed E-state index contributed by atoms with van der Waals surface area (Å²) in [6, 6.07) is 11.8. The highest BCUT2D eigenvalue weighted by molar-refractivity contribution is 5.34. The summed E-state index contributed by atoms with van der Waals surface area (Å²) in [7, 11) is 0. The molecule has 1 N–H and O–H groups in total. The minimum absolute atomic E-state index is 0.0275. The van der Waals surface area contributed by atoms with Gasteiger partial charge in [-0.2, -0.15) is 10.4 Å². The van der Waals surface area contributed by atoms with Crippen molar-refractivity contribution < 1.29 is 9.84 Å². The van der Waals surface area contributed by atoms with E-state index in [2.05, 4.69) is 5.10 Å². The number of benzene rings is 1.